The van der Waals surface area contributed by atoms with Gasteiger partial charge in [-0.1, -0.05) is 37.0 Å². The van der Waals surface area contributed by atoms with E-state index in [1.165, 1.54) is 0 Å². The van der Waals surface area contributed by atoms with E-state index in [2.05, 4.69) is 35.1 Å². The minimum absolute atomic E-state index is 0.378. The summed E-state index contributed by atoms with van der Waals surface area (Å²) < 4.78 is 11.9. The Morgan fingerprint density at radius 2 is 2.05 bits per heavy atom. The van der Waals surface area contributed by atoms with E-state index < -0.39 is 0 Å². The molecule has 114 valence electrons. The van der Waals surface area contributed by atoms with Crippen LogP contribution in [-0.4, -0.2) is 6.04 Å². The predicted octanol–water partition coefficient (Wildman–Crippen LogP) is 5.43. The summed E-state index contributed by atoms with van der Waals surface area (Å²) in [5.74, 6) is 1.41. The van der Waals surface area contributed by atoms with Gasteiger partial charge in [0.05, 0.1) is 22.9 Å². The Labute approximate surface area is 142 Å². The summed E-state index contributed by atoms with van der Waals surface area (Å²) in [7, 11) is 0. The number of furan rings is 1. The molecule has 3 nitrogen and oxygen atoms in total. The molecule has 0 aliphatic heterocycles. The van der Waals surface area contributed by atoms with Gasteiger partial charge in [0.2, 0.25) is 0 Å². The van der Waals surface area contributed by atoms with E-state index in [1.54, 1.807) is 18.4 Å². The second-order valence-electron chi connectivity index (χ2n) is 4.89. The van der Waals surface area contributed by atoms with Gasteiger partial charge < -0.3 is 14.5 Å². The highest BCUT2D eigenvalue weighted by atomic mass is 79.9. The molecule has 0 unspecified atom stereocenters. The SMILES string of the molecule is CC(C)NCc1occc1COc1cc(Cl)c(Br)cc1Cl. The van der Waals surface area contributed by atoms with Crippen LogP contribution in [0.15, 0.2) is 33.4 Å². The van der Waals surface area contributed by atoms with Crippen LogP contribution in [0.25, 0.3) is 0 Å². The number of nitrogens with one attached hydrogen (secondary N) is 1. The van der Waals surface area contributed by atoms with Gasteiger partial charge in [-0.25, -0.2) is 0 Å². The average molecular weight is 393 g/mol. The van der Waals surface area contributed by atoms with Crippen molar-refractivity contribution in [3.05, 3.63) is 50.3 Å². The third-order valence-corrected chi connectivity index (χ3v) is 4.36. The largest absolute Gasteiger partial charge is 0.487 e. The summed E-state index contributed by atoms with van der Waals surface area (Å²) in [5.41, 5.74) is 0.984. The molecule has 1 heterocycles. The molecule has 1 N–H and O–H groups in total. The number of hydrogen-bond donors (Lipinski definition) is 1. The summed E-state index contributed by atoms with van der Waals surface area (Å²) in [5, 5.41) is 4.38. The predicted molar refractivity (Wildman–Crippen MR) is 89.2 cm³/mol. The molecule has 0 aliphatic carbocycles. The lowest BCUT2D eigenvalue weighted by molar-refractivity contribution is 0.301. The zero-order valence-corrected chi connectivity index (χ0v) is 14.8. The first kappa shape index (κ1) is 16.7. The van der Waals surface area contributed by atoms with E-state index in [1.807, 2.05) is 6.07 Å². The fraction of sp³-hybridized carbons (Fsp3) is 0.333. The topological polar surface area (TPSA) is 34.4 Å². The van der Waals surface area contributed by atoms with Gasteiger partial charge in [0.1, 0.15) is 18.1 Å². The summed E-state index contributed by atoms with van der Waals surface area (Å²) in [4.78, 5) is 0. The Balaban J connectivity index is 2.03. The maximum Gasteiger partial charge on any atom is 0.139 e. The second kappa shape index (κ2) is 7.54. The van der Waals surface area contributed by atoms with Crippen LogP contribution in [0.3, 0.4) is 0 Å². The standard InChI is InChI=1S/C15H16BrCl2NO2/c1-9(2)19-7-15-10(3-4-20-15)8-21-14-6-12(17)11(16)5-13(14)18/h3-6,9,19H,7-8H2,1-2H3. The molecular formula is C15H16BrCl2NO2. The van der Waals surface area contributed by atoms with Crippen LogP contribution < -0.4 is 10.1 Å². The van der Waals surface area contributed by atoms with Crippen molar-refractivity contribution in [3.63, 3.8) is 0 Å². The number of halogens is 3. The summed E-state index contributed by atoms with van der Waals surface area (Å²) >= 11 is 15.5. The van der Waals surface area contributed by atoms with Crippen LogP contribution in [-0.2, 0) is 13.2 Å². The first-order valence-corrected chi connectivity index (χ1v) is 8.08. The van der Waals surface area contributed by atoms with E-state index >= 15 is 0 Å². The third-order valence-electron chi connectivity index (χ3n) is 2.87. The van der Waals surface area contributed by atoms with Crippen LogP contribution in [0.1, 0.15) is 25.2 Å². The lowest BCUT2D eigenvalue weighted by atomic mass is 10.2. The van der Waals surface area contributed by atoms with E-state index in [4.69, 9.17) is 32.4 Å². The number of rotatable bonds is 6. The third kappa shape index (κ3) is 4.65. The molecule has 0 bridgehead atoms. The van der Waals surface area contributed by atoms with Gasteiger partial charge in [0.25, 0.3) is 0 Å². The highest BCUT2D eigenvalue weighted by Crippen LogP contribution is 2.34. The molecule has 0 atom stereocenters. The maximum absolute atomic E-state index is 6.13. The zero-order valence-electron chi connectivity index (χ0n) is 11.8. The molecule has 21 heavy (non-hydrogen) atoms. The van der Waals surface area contributed by atoms with Crippen LogP contribution in [0.5, 0.6) is 5.75 Å². The monoisotopic (exact) mass is 391 g/mol. The maximum atomic E-state index is 6.13. The van der Waals surface area contributed by atoms with Gasteiger partial charge in [-0.05, 0) is 28.1 Å². The van der Waals surface area contributed by atoms with E-state index in [9.17, 15) is 0 Å². The smallest absolute Gasteiger partial charge is 0.139 e. The van der Waals surface area contributed by atoms with Crippen molar-refractivity contribution < 1.29 is 9.15 Å². The summed E-state index contributed by atoms with van der Waals surface area (Å²) in [6, 6.07) is 5.70. The molecule has 0 radical (unpaired) electrons. The van der Waals surface area contributed by atoms with Crippen molar-refractivity contribution in [3.8, 4) is 5.75 Å². The van der Waals surface area contributed by atoms with Crippen molar-refractivity contribution in [1.29, 1.82) is 0 Å². The molecule has 1 aromatic carbocycles. The van der Waals surface area contributed by atoms with Crippen LogP contribution in [0.4, 0.5) is 0 Å². The van der Waals surface area contributed by atoms with Crippen LogP contribution in [0.2, 0.25) is 10.0 Å². The highest BCUT2D eigenvalue weighted by molar-refractivity contribution is 9.10. The minimum Gasteiger partial charge on any atom is -0.487 e. The molecule has 0 saturated carbocycles. The average Bonchev–Trinajstić information content (AvgIpc) is 2.86. The van der Waals surface area contributed by atoms with Gasteiger partial charge >= 0.3 is 0 Å². The molecule has 2 rings (SSSR count). The Morgan fingerprint density at radius 3 is 2.76 bits per heavy atom. The van der Waals surface area contributed by atoms with E-state index in [-0.39, 0.29) is 0 Å². The fourth-order valence-corrected chi connectivity index (χ4v) is 2.57. The quantitative estimate of drug-likeness (QED) is 0.666. The molecule has 0 aliphatic rings. The number of ether oxygens (including phenoxy) is 1. The Bertz CT molecular complexity index is 614. The van der Waals surface area contributed by atoms with Crippen molar-refractivity contribution >= 4 is 39.1 Å². The normalized spacial score (nSPS) is 11.1. The first-order valence-electron chi connectivity index (χ1n) is 6.53. The molecule has 2 aromatic rings. The zero-order chi connectivity index (χ0) is 15.4. The molecule has 1 aromatic heterocycles. The lowest BCUT2D eigenvalue weighted by Gasteiger charge is -2.11. The molecule has 0 fully saturated rings. The fourth-order valence-electron chi connectivity index (χ4n) is 1.72. The molecule has 0 saturated heterocycles. The second-order valence-corrected chi connectivity index (χ2v) is 6.56. The molecule has 0 spiro atoms. The number of hydrogen-bond acceptors (Lipinski definition) is 3. The Hall–Kier alpha value is -0.680. The van der Waals surface area contributed by atoms with Gasteiger partial charge in [0.15, 0.2) is 0 Å². The molecule has 6 heteroatoms. The van der Waals surface area contributed by atoms with Crippen LogP contribution >= 0.6 is 39.1 Å². The summed E-state index contributed by atoms with van der Waals surface area (Å²) in [6.07, 6.45) is 1.66. The minimum atomic E-state index is 0.378. The Morgan fingerprint density at radius 1 is 1.29 bits per heavy atom. The van der Waals surface area contributed by atoms with Gasteiger partial charge in [-0.15, -0.1) is 0 Å². The first-order chi connectivity index (χ1) is 9.97. The van der Waals surface area contributed by atoms with Gasteiger partial charge in [0, 0.05) is 22.1 Å². The van der Waals surface area contributed by atoms with Crippen molar-refractivity contribution in [1.82, 2.24) is 5.32 Å². The van der Waals surface area contributed by atoms with Crippen molar-refractivity contribution in [2.45, 2.75) is 33.0 Å². The Kier molecular flexibility index (Phi) is 5.99. The van der Waals surface area contributed by atoms with Gasteiger partial charge in [-0.3, -0.25) is 0 Å². The lowest BCUT2D eigenvalue weighted by Crippen LogP contribution is -2.22. The van der Waals surface area contributed by atoms with E-state index in [0.29, 0.717) is 35.0 Å². The molecular weight excluding hydrogens is 377 g/mol. The van der Waals surface area contributed by atoms with Crippen molar-refractivity contribution in [2.24, 2.45) is 0 Å². The number of benzene rings is 1. The van der Waals surface area contributed by atoms with Gasteiger partial charge in [-0.2, -0.15) is 0 Å². The van der Waals surface area contributed by atoms with Crippen molar-refractivity contribution in [2.75, 3.05) is 0 Å². The van der Waals surface area contributed by atoms with E-state index in [0.717, 1.165) is 15.8 Å². The molecule has 0 amide bonds. The summed E-state index contributed by atoms with van der Waals surface area (Å²) in [6.45, 7) is 5.22. The van der Waals surface area contributed by atoms with Crippen LogP contribution in [0, 0.1) is 0 Å². The highest BCUT2D eigenvalue weighted by Gasteiger charge is 2.11.